The molecule has 4 nitrogen and oxygen atoms in total. The molecule has 0 aromatic heterocycles. The first-order valence-corrected chi connectivity index (χ1v) is 4.83. The number of nitrogens with two attached hydrogens (primary N) is 1. The number of hydrogen-bond acceptors (Lipinski definition) is 4. The molecule has 16 heavy (non-hydrogen) atoms. The molecular formula is C11H14ClNO3. The van der Waals surface area contributed by atoms with Gasteiger partial charge in [-0.25, -0.2) is 4.79 Å². The summed E-state index contributed by atoms with van der Waals surface area (Å²) in [5, 5.41) is 0. The number of carbonyl (C=O) groups excluding carboxylic acids is 1. The van der Waals surface area contributed by atoms with Crippen LogP contribution in [0.5, 0.6) is 5.75 Å². The predicted octanol–water partition coefficient (Wildman–Crippen LogP) is 1.68. The molecule has 0 saturated heterocycles. The summed E-state index contributed by atoms with van der Waals surface area (Å²) >= 11 is 0. The highest BCUT2D eigenvalue weighted by atomic mass is 35.5. The maximum Gasteiger partial charge on any atom is 0.337 e. The van der Waals surface area contributed by atoms with Crippen molar-refractivity contribution < 1.29 is 14.3 Å². The summed E-state index contributed by atoms with van der Waals surface area (Å²) in [6.07, 6.45) is 0.810. The monoisotopic (exact) mass is 243 g/mol. The molecule has 1 unspecified atom stereocenters. The van der Waals surface area contributed by atoms with Crippen molar-refractivity contribution in [3.05, 3.63) is 29.3 Å². The minimum atomic E-state index is -0.361. The van der Waals surface area contributed by atoms with Gasteiger partial charge in [0.25, 0.3) is 0 Å². The minimum Gasteiger partial charge on any atom is -0.493 e. The van der Waals surface area contributed by atoms with E-state index in [0.717, 1.165) is 12.0 Å². The number of rotatable bonds is 1. The average molecular weight is 244 g/mol. The zero-order valence-corrected chi connectivity index (χ0v) is 9.75. The number of methoxy groups -OCH3 is 1. The van der Waals surface area contributed by atoms with Crippen LogP contribution in [0, 0.1) is 0 Å². The Morgan fingerprint density at radius 3 is 3.00 bits per heavy atom. The standard InChI is InChI=1S/C11H13NO3.ClH/c1-14-11(13)7-2-3-8-9(12)4-5-15-10(8)6-7;/h2-3,6,9H,4-5,12H2,1H3;1H. The third kappa shape index (κ3) is 2.28. The molecule has 2 N–H and O–H groups in total. The van der Waals surface area contributed by atoms with E-state index in [1.807, 2.05) is 6.07 Å². The molecule has 0 aliphatic carbocycles. The summed E-state index contributed by atoms with van der Waals surface area (Å²) in [5.74, 6) is 0.331. The van der Waals surface area contributed by atoms with Crippen molar-refractivity contribution in [1.29, 1.82) is 0 Å². The van der Waals surface area contributed by atoms with Crippen LogP contribution >= 0.6 is 12.4 Å². The van der Waals surface area contributed by atoms with Crippen molar-refractivity contribution >= 4 is 18.4 Å². The van der Waals surface area contributed by atoms with E-state index < -0.39 is 0 Å². The molecule has 88 valence electrons. The number of halogens is 1. The van der Waals surface area contributed by atoms with E-state index in [1.165, 1.54) is 7.11 Å². The molecule has 0 spiro atoms. The molecule has 0 amide bonds. The van der Waals surface area contributed by atoms with Gasteiger partial charge in [-0.2, -0.15) is 0 Å². The zero-order chi connectivity index (χ0) is 10.8. The highest BCUT2D eigenvalue weighted by Crippen LogP contribution is 2.31. The van der Waals surface area contributed by atoms with E-state index in [1.54, 1.807) is 12.1 Å². The van der Waals surface area contributed by atoms with Crippen molar-refractivity contribution in [1.82, 2.24) is 0 Å². The van der Waals surface area contributed by atoms with Crippen LogP contribution in [0.2, 0.25) is 0 Å². The maximum absolute atomic E-state index is 11.3. The Labute approximate surface area is 100 Å². The molecule has 5 heteroatoms. The Morgan fingerprint density at radius 2 is 2.31 bits per heavy atom. The quantitative estimate of drug-likeness (QED) is 0.763. The minimum absolute atomic E-state index is 0. The van der Waals surface area contributed by atoms with Gasteiger partial charge in [0.15, 0.2) is 0 Å². The van der Waals surface area contributed by atoms with Crippen molar-refractivity contribution in [2.24, 2.45) is 5.73 Å². The molecule has 1 aromatic rings. The number of ether oxygens (including phenoxy) is 2. The van der Waals surface area contributed by atoms with Crippen LogP contribution in [0.15, 0.2) is 18.2 Å². The Hall–Kier alpha value is -1.26. The van der Waals surface area contributed by atoms with Gasteiger partial charge < -0.3 is 15.2 Å². The fourth-order valence-electron chi connectivity index (χ4n) is 1.66. The molecule has 1 aromatic carbocycles. The third-order valence-corrected chi connectivity index (χ3v) is 2.52. The van der Waals surface area contributed by atoms with Crippen LogP contribution < -0.4 is 10.5 Å². The highest BCUT2D eigenvalue weighted by molar-refractivity contribution is 5.90. The molecule has 0 radical (unpaired) electrons. The molecule has 1 aliphatic rings. The average Bonchev–Trinajstić information content (AvgIpc) is 2.28. The molecule has 1 heterocycles. The Bertz CT molecular complexity index is 395. The first-order chi connectivity index (χ1) is 7.22. The smallest absolute Gasteiger partial charge is 0.337 e. The maximum atomic E-state index is 11.3. The molecular weight excluding hydrogens is 230 g/mol. The largest absolute Gasteiger partial charge is 0.493 e. The van der Waals surface area contributed by atoms with Gasteiger partial charge in [-0.15, -0.1) is 12.4 Å². The van der Waals surface area contributed by atoms with Crippen LogP contribution in [-0.4, -0.2) is 19.7 Å². The summed E-state index contributed by atoms with van der Waals surface area (Å²) in [5.41, 5.74) is 7.35. The summed E-state index contributed by atoms with van der Waals surface area (Å²) in [7, 11) is 1.36. The van der Waals surface area contributed by atoms with E-state index in [0.29, 0.717) is 17.9 Å². The summed E-state index contributed by atoms with van der Waals surface area (Å²) in [4.78, 5) is 11.3. The van der Waals surface area contributed by atoms with Crippen molar-refractivity contribution in [2.75, 3.05) is 13.7 Å². The molecule has 0 saturated carbocycles. The second-order valence-corrected chi connectivity index (χ2v) is 3.49. The summed E-state index contributed by atoms with van der Waals surface area (Å²) in [6, 6.07) is 5.21. The van der Waals surface area contributed by atoms with Crippen LogP contribution in [0.25, 0.3) is 0 Å². The lowest BCUT2D eigenvalue weighted by molar-refractivity contribution is 0.0600. The van der Waals surface area contributed by atoms with Crippen LogP contribution in [0.1, 0.15) is 28.4 Å². The zero-order valence-electron chi connectivity index (χ0n) is 8.93. The molecule has 2 rings (SSSR count). The Kier molecular flexibility index (Phi) is 4.15. The number of hydrogen-bond donors (Lipinski definition) is 1. The van der Waals surface area contributed by atoms with Crippen molar-refractivity contribution in [3.8, 4) is 5.75 Å². The summed E-state index contributed by atoms with van der Waals surface area (Å²) < 4.78 is 10.1. The first-order valence-electron chi connectivity index (χ1n) is 4.83. The highest BCUT2D eigenvalue weighted by Gasteiger charge is 2.19. The first kappa shape index (κ1) is 12.8. The molecule has 1 atom stereocenters. The third-order valence-electron chi connectivity index (χ3n) is 2.52. The number of carbonyl (C=O) groups is 1. The second-order valence-electron chi connectivity index (χ2n) is 3.49. The van der Waals surface area contributed by atoms with Crippen LogP contribution in [0.3, 0.4) is 0 Å². The normalized spacial score (nSPS) is 17.8. The number of benzene rings is 1. The van der Waals surface area contributed by atoms with Crippen LogP contribution in [-0.2, 0) is 4.74 Å². The number of esters is 1. The fraction of sp³-hybridized carbons (Fsp3) is 0.364. The van der Waals surface area contributed by atoms with E-state index >= 15 is 0 Å². The van der Waals surface area contributed by atoms with Gasteiger partial charge in [-0.3, -0.25) is 0 Å². The number of fused-ring (bicyclic) bond motifs is 1. The lowest BCUT2D eigenvalue weighted by Crippen LogP contribution is -2.20. The van der Waals surface area contributed by atoms with Crippen LogP contribution in [0.4, 0.5) is 0 Å². The topological polar surface area (TPSA) is 61.5 Å². The van der Waals surface area contributed by atoms with E-state index in [-0.39, 0.29) is 24.4 Å². The lowest BCUT2D eigenvalue weighted by atomic mass is 10.00. The van der Waals surface area contributed by atoms with Gasteiger partial charge in [0.05, 0.1) is 19.3 Å². The predicted molar refractivity (Wildman–Crippen MR) is 62.1 cm³/mol. The Morgan fingerprint density at radius 1 is 1.56 bits per heavy atom. The fourth-order valence-corrected chi connectivity index (χ4v) is 1.66. The van der Waals surface area contributed by atoms with Crippen molar-refractivity contribution in [3.63, 3.8) is 0 Å². The van der Waals surface area contributed by atoms with Gasteiger partial charge in [0.1, 0.15) is 5.75 Å². The molecule has 0 bridgehead atoms. The summed E-state index contributed by atoms with van der Waals surface area (Å²) in [6.45, 7) is 0.596. The Balaban J connectivity index is 0.00000128. The van der Waals surface area contributed by atoms with Gasteiger partial charge in [-0.05, 0) is 12.1 Å². The van der Waals surface area contributed by atoms with E-state index in [4.69, 9.17) is 10.5 Å². The SMILES string of the molecule is COC(=O)c1ccc2c(c1)OCCC2N.Cl. The van der Waals surface area contributed by atoms with Gasteiger partial charge in [0.2, 0.25) is 0 Å². The van der Waals surface area contributed by atoms with Gasteiger partial charge >= 0.3 is 5.97 Å². The van der Waals surface area contributed by atoms with E-state index in [2.05, 4.69) is 4.74 Å². The molecule has 0 fully saturated rings. The second kappa shape index (κ2) is 5.18. The molecule has 1 aliphatic heterocycles. The van der Waals surface area contributed by atoms with Gasteiger partial charge in [0, 0.05) is 18.0 Å². The van der Waals surface area contributed by atoms with Crippen molar-refractivity contribution in [2.45, 2.75) is 12.5 Å². The van der Waals surface area contributed by atoms with E-state index in [9.17, 15) is 4.79 Å². The van der Waals surface area contributed by atoms with Gasteiger partial charge in [-0.1, -0.05) is 6.07 Å². The lowest BCUT2D eigenvalue weighted by Gasteiger charge is -2.23.